The quantitative estimate of drug-likeness (QED) is 0.866. The zero-order valence-electron chi connectivity index (χ0n) is 10.5. The molecule has 0 aromatic heterocycles. The number of hydrogen-bond acceptors (Lipinski definition) is 2. The van der Waals surface area contributed by atoms with Crippen LogP contribution < -0.4 is 11.1 Å². The number of benzene rings is 1. The maximum Gasteiger partial charge on any atom is 0.159 e. The predicted molar refractivity (Wildman–Crippen MR) is 68.0 cm³/mol. The van der Waals surface area contributed by atoms with Gasteiger partial charge in [-0.2, -0.15) is 0 Å². The van der Waals surface area contributed by atoms with Crippen molar-refractivity contribution in [2.45, 2.75) is 38.3 Å². The number of nitrogens with two attached hydrogens (primary N) is 1. The summed E-state index contributed by atoms with van der Waals surface area (Å²) in [7, 11) is 0. The van der Waals surface area contributed by atoms with Crippen molar-refractivity contribution in [2.24, 2.45) is 11.7 Å². The molecule has 0 heterocycles. The van der Waals surface area contributed by atoms with Gasteiger partial charge in [0.1, 0.15) is 0 Å². The molecular formula is C14H20F2N2. The van der Waals surface area contributed by atoms with Gasteiger partial charge in [-0.3, -0.25) is 0 Å². The van der Waals surface area contributed by atoms with E-state index in [2.05, 4.69) is 5.32 Å². The van der Waals surface area contributed by atoms with Crippen LogP contribution >= 0.6 is 0 Å². The fraction of sp³-hybridized carbons (Fsp3) is 0.571. The van der Waals surface area contributed by atoms with Crippen LogP contribution in [0.25, 0.3) is 0 Å². The second kappa shape index (κ2) is 6.25. The van der Waals surface area contributed by atoms with Crippen molar-refractivity contribution in [1.29, 1.82) is 0 Å². The molecule has 1 aromatic carbocycles. The summed E-state index contributed by atoms with van der Waals surface area (Å²) in [6.45, 7) is 1.26. The number of rotatable bonds is 4. The Morgan fingerprint density at radius 1 is 1.17 bits per heavy atom. The van der Waals surface area contributed by atoms with Crippen LogP contribution in [-0.4, -0.2) is 12.6 Å². The molecule has 0 aliphatic heterocycles. The average molecular weight is 254 g/mol. The van der Waals surface area contributed by atoms with E-state index < -0.39 is 11.6 Å². The van der Waals surface area contributed by atoms with Gasteiger partial charge >= 0.3 is 0 Å². The van der Waals surface area contributed by atoms with Crippen LogP contribution in [0.3, 0.4) is 0 Å². The Morgan fingerprint density at radius 3 is 2.67 bits per heavy atom. The standard InChI is InChI=1S/C14H20F2N2/c15-12-6-5-10(7-13(12)16)9-18-14-4-2-1-3-11(14)8-17/h5-7,11,14,18H,1-4,8-9,17H2. The molecule has 1 fully saturated rings. The van der Waals surface area contributed by atoms with E-state index >= 15 is 0 Å². The third kappa shape index (κ3) is 3.27. The predicted octanol–water partition coefficient (Wildman–Crippen LogP) is 2.57. The monoisotopic (exact) mass is 254 g/mol. The van der Waals surface area contributed by atoms with Gasteiger partial charge in [0.15, 0.2) is 11.6 Å². The molecule has 0 radical (unpaired) electrons. The molecule has 0 saturated heterocycles. The lowest BCUT2D eigenvalue weighted by atomic mass is 9.84. The first kappa shape index (κ1) is 13.4. The normalized spacial score (nSPS) is 24.2. The van der Waals surface area contributed by atoms with E-state index in [9.17, 15) is 8.78 Å². The third-order valence-electron chi connectivity index (χ3n) is 3.76. The second-order valence-electron chi connectivity index (χ2n) is 5.02. The maximum absolute atomic E-state index is 13.1. The highest BCUT2D eigenvalue weighted by atomic mass is 19.2. The minimum absolute atomic E-state index is 0.400. The molecule has 1 aliphatic rings. The maximum atomic E-state index is 13.1. The van der Waals surface area contributed by atoms with Gasteiger partial charge in [0.05, 0.1) is 0 Å². The Kier molecular flexibility index (Phi) is 4.66. The van der Waals surface area contributed by atoms with Crippen molar-refractivity contribution >= 4 is 0 Å². The van der Waals surface area contributed by atoms with Gasteiger partial charge in [-0.25, -0.2) is 8.78 Å². The number of hydrogen-bond donors (Lipinski definition) is 2. The molecule has 0 bridgehead atoms. The molecule has 3 N–H and O–H groups in total. The Labute approximate surface area is 107 Å². The molecule has 0 amide bonds. The Bertz CT molecular complexity index is 395. The van der Waals surface area contributed by atoms with Gasteiger partial charge in [0.25, 0.3) is 0 Å². The smallest absolute Gasteiger partial charge is 0.159 e. The first-order valence-electron chi connectivity index (χ1n) is 6.58. The van der Waals surface area contributed by atoms with Gasteiger partial charge < -0.3 is 11.1 Å². The lowest BCUT2D eigenvalue weighted by molar-refractivity contribution is 0.267. The van der Waals surface area contributed by atoms with Gasteiger partial charge in [-0.05, 0) is 43.0 Å². The summed E-state index contributed by atoms with van der Waals surface area (Å²) in [4.78, 5) is 0. The summed E-state index contributed by atoms with van der Waals surface area (Å²) in [6.07, 6.45) is 4.73. The molecule has 18 heavy (non-hydrogen) atoms. The minimum atomic E-state index is -0.795. The van der Waals surface area contributed by atoms with Gasteiger partial charge in [-0.1, -0.05) is 18.9 Å². The van der Waals surface area contributed by atoms with E-state index in [1.165, 1.54) is 25.0 Å². The number of nitrogens with one attached hydrogen (secondary N) is 1. The highest BCUT2D eigenvalue weighted by molar-refractivity contribution is 5.17. The Morgan fingerprint density at radius 2 is 1.94 bits per heavy atom. The molecule has 1 aliphatic carbocycles. The molecule has 0 spiro atoms. The van der Waals surface area contributed by atoms with Crippen molar-refractivity contribution in [1.82, 2.24) is 5.32 Å². The van der Waals surface area contributed by atoms with Crippen LogP contribution in [0.15, 0.2) is 18.2 Å². The molecule has 1 saturated carbocycles. The second-order valence-corrected chi connectivity index (χ2v) is 5.02. The van der Waals surface area contributed by atoms with Crippen LogP contribution in [0.2, 0.25) is 0 Å². The largest absolute Gasteiger partial charge is 0.330 e. The van der Waals surface area contributed by atoms with Crippen LogP contribution in [-0.2, 0) is 6.54 Å². The molecular weight excluding hydrogens is 234 g/mol. The molecule has 2 unspecified atom stereocenters. The van der Waals surface area contributed by atoms with E-state index in [0.717, 1.165) is 18.4 Å². The van der Waals surface area contributed by atoms with Crippen LogP contribution in [0.5, 0.6) is 0 Å². The van der Waals surface area contributed by atoms with Crippen molar-refractivity contribution in [3.63, 3.8) is 0 Å². The van der Waals surface area contributed by atoms with Crippen LogP contribution in [0, 0.1) is 17.6 Å². The molecule has 2 rings (SSSR count). The fourth-order valence-corrected chi connectivity index (χ4v) is 2.66. The highest BCUT2D eigenvalue weighted by Crippen LogP contribution is 2.23. The first-order chi connectivity index (χ1) is 8.70. The minimum Gasteiger partial charge on any atom is -0.330 e. The van der Waals surface area contributed by atoms with Crippen molar-refractivity contribution < 1.29 is 8.78 Å². The van der Waals surface area contributed by atoms with Gasteiger partial charge in [0.2, 0.25) is 0 Å². The lowest BCUT2D eigenvalue weighted by Gasteiger charge is -2.31. The van der Waals surface area contributed by atoms with E-state index in [-0.39, 0.29) is 0 Å². The molecule has 100 valence electrons. The Hall–Kier alpha value is -1.00. The number of halogens is 2. The average Bonchev–Trinajstić information content (AvgIpc) is 2.40. The summed E-state index contributed by atoms with van der Waals surface area (Å²) in [5, 5.41) is 3.42. The summed E-state index contributed by atoms with van der Waals surface area (Å²) < 4.78 is 25.9. The first-order valence-corrected chi connectivity index (χ1v) is 6.58. The third-order valence-corrected chi connectivity index (χ3v) is 3.76. The summed E-state index contributed by atoms with van der Waals surface area (Å²) >= 11 is 0. The summed E-state index contributed by atoms with van der Waals surface area (Å²) in [5.41, 5.74) is 6.53. The van der Waals surface area contributed by atoms with E-state index in [1.807, 2.05) is 0 Å². The Balaban J connectivity index is 1.91. The van der Waals surface area contributed by atoms with Crippen molar-refractivity contribution in [2.75, 3.05) is 6.54 Å². The van der Waals surface area contributed by atoms with E-state index in [0.29, 0.717) is 25.0 Å². The molecule has 4 heteroatoms. The molecule has 2 nitrogen and oxygen atoms in total. The SMILES string of the molecule is NCC1CCCCC1NCc1ccc(F)c(F)c1. The topological polar surface area (TPSA) is 38.0 Å². The summed E-state index contributed by atoms with van der Waals surface area (Å²) in [6, 6.07) is 4.44. The van der Waals surface area contributed by atoms with Crippen molar-refractivity contribution in [3.05, 3.63) is 35.4 Å². The fourth-order valence-electron chi connectivity index (χ4n) is 2.66. The van der Waals surface area contributed by atoms with Crippen LogP contribution in [0.1, 0.15) is 31.2 Å². The van der Waals surface area contributed by atoms with Crippen molar-refractivity contribution in [3.8, 4) is 0 Å². The lowest BCUT2D eigenvalue weighted by Crippen LogP contribution is -2.41. The highest BCUT2D eigenvalue weighted by Gasteiger charge is 2.23. The van der Waals surface area contributed by atoms with Gasteiger partial charge in [0, 0.05) is 12.6 Å². The van der Waals surface area contributed by atoms with E-state index in [4.69, 9.17) is 5.73 Å². The summed E-state index contributed by atoms with van der Waals surface area (Å²) in [5.74, 6) is -1.08. The zero-order chi connectivity index (χ0) is 13.0. The van der Waals surface area contributed by atoms with E-state index in [1.54, 1.807) is 6.07 Å². The van der Waals surface area contributed by atoms with Gasteiger partial charge in [-0.15, -0.1) is 0 Å². The molecule has 2 atom stereocenters. The molecule has 1 aromatic rings. The zero-order valence-corrected chi connectivity index (χ0v) is 10.5. The van der Waals surface area contributed by atoms with Crippen LogP contribution in [0.4, 0.5) is 8.78 Å².